The van der Waals surface area contributed by atoms with Gasteiger partial charge in [0.25, 0.3) is 0 Å². The van der Waals surface area contributed by atoms with Gasteiger partial charge in [-0.15, -0.1) is 11.6 Å². The van der Waals surface area contributed by atoms with E-state index in [0.29, 0.717) is 17.7 Å². The lowest BCUT2D eigenvalue weighted by Crippen LogP contribution is -2.41. The predicted octanol–water partition coefficient (Wildman–Crippen LogP) is 5.39. The molecule has 2 atom stereocenters. The maximum absolute atomic E-state index is 12.7. The van der Waals surface area contributed by atoms with E-state index in [2.05, 4.69) is 0 Å². The molecule has 1 aliphatic rings. The molecule has 130 valence electrons. The van der Waals surface area contributed by atoms with E-state index < -0.39 is 21.1 Å². The minimum Gasteiger partial charge on any atom is -0.387 e. The smallest absolute Gasteiger partial charge is 0.142 e. The van der Waals surface area contributed by atoms with Crippen LogP contribution in [0.3, 0.4) is 0 Å². The Kier molecular flexibility index (Phi) is 8.08. The molecule has 0 heterocycles. The van der Waals surface area contributed by atoms with Crippen molar-refractivity contribution in [3.63, 3.8) is 0 Å². The molecule has 0 spiro atoms. The summed E-state index contributed by atoms with van der Waals surface area (Å²) in [6, 6.07) is 9.27. The van der Waals surface area contributed by atoms with Gasteiger partial charge < -0.3 is 5.11 Å². The summed E-state index contributed by atoms with van der Waals surface area (Å²) in [7, 11) is -1.38. The van der Waals surface area contributed by atoms with Crippen LogP contribution in [-0.4, -0.2) is 19.6 Å². The van der Waals surface area contributed by atoms with E-state index in [4.69, 9.17) is 11.6 Å². The fourth-order valence-corrected chi connectivity index (χ4v) is 5.15. The van der Waals surface area contributed by atoms with Gasteiger partial charge in [-0.1, -0.05) is 76.0 Å². The molecule has 0 amide bonds. The summed E-state index contributed by atoms with van der Waals surface area (Å²) in [5, 5.41) is 11.1. The maximum atomic E-state index is 12.7. The van der Waals surface area contributed by atoms with Crippen LogP contribution in [-0.2, 0) is 10.8 Å². The molecule has 2 rings (SSSR count). The second-order valence-corrected chi connectivity index (χ2v) is 8.94. The van der Waals surface area contributed by atoms with Gasteiger partial charge in [0.2, 0.25) is 0 Å². The average Bonchev–Trinajstić information content (AvgIpc) is 2.57. The third kappa shape index (κ3) is 5.88. The number of aliphatic hydroxyl groups is 1. The van der Waals surface area contributed by atoms with Crippen LogP contribution in [0.15, 0.2) is 35.2 Å². The molecule has 1 aliphatic carbocycles. The third-order valence-corrected chi connectivity index (χ3v) is 7.25. The SMILES string of the molecule is O=S(c1ccccc1)C(Cl)C1(O)CCCCCCCCCCC1. The zero-order valence-corrected chi connectivity index (χ0v) is 15.5. The van der Waals surface area contributed by atoms with E-state index in [9.17, 15) is 9.32 Å². The van der Waals surface area contributed by atoms with Gasteiger partial charge in [-0.25, -0.2) is 0 Å². The van der Waals surface area contributed by atoms with Gasteiger partial charge in [0.1, 0.15) is 4.71 Å². The molecule has 1 N–H and O–H groups in total. The van der Waals surface area contributed by atoms with E-state index in [-0.39, 0.29) is 0 Å². The Labute approximate surface area is 148 Å². The Hall–Kier alpha value is -0.380. The first-order valence-electron chi connectivity index (χ1n) is 8.95. The van der Waals surface area contributed by atoms with Crippen molar-refractivity contribution >= 4 is 22.4 Å². The topological polar surface area (TPSA) is 37.3 Å². The summed E-state index contributed by atoms with van der Waals surface area (Å²) in [5.74, 6) is 0. The lowest BCUT2D eigenvalue weighted by molar-refractivity contribution is 0.0312. The Morgan fingerprint density at radius 3 is 1.78 bits per heavy atom. The Balaban J connectivity index is 2.05. The predicted molar refractivity (Wildman–Crippen MR) is 98.2 cm³/mol. The van der Waals surface area contributed by atoms with Gasteiger partial charge in [-0.3, -0.25) is 4.21 Å². The fraction of sp³-hybridized carbons (Fsp3) is 0.684. The fourth-order valence-electron chi connectivity index (χ4n) is 3.32. The van der Waals surface area contributed by atoms with E-state index in [0.717, 1.165) is 25.7 Å². The quantitative estimate of drug-likeness (QED) is 0.736. The minimum absolute atomic E-state index is 0.653. The standard InChI is InChI=1S/C19H29ClO2S/c20-18(23(22)17-13-9-8-10-14-17)19(21)15-11-6-4-2-1-3-5-7-12-16-19/h8-10,13-14,18,21H,1-7,11-12,15-16H2. The highest BCUT2D eigenvalue weighted by atomic mass is 35.5. The van der Waals surface area contributed by atoms with Crippen molar-refractivity contribution in [3.05, 3.63) is 30.3 Å². The van der Waals surface area contributed by atoms with Crippen LogP contribution in [0, 0.1) is 0 Å². The highest BCUT2D eigenvalue weighted by Gasteiger charge is 2.39. The number of benzene rings is 1. The summed E-state index contributed by atoms with van der Waals surface area (Å²) in [4.78, 5) is 0.701. The molecule has 2 nitrogen and oxygen atoms in total. The van der Waals surface area contributed by atoms with E-state index in [1.807, 2.05) is 30.3 Å². The normalized spacial score (nSPS) is 23.2. The number of halogens is 1. The highest BCUT2D eigenvalue weighted by Crippen LogP contribution is 2.34. The number of alkyl halides is 1. The van der Waals surface area contributed by atoms with Gasteiger partial charge in [-0.2, -0.15) is 0 Å². The molecule has 1 aromatic rings. The van der Waals surface area contributed by atoms with Crippen molar-refractivity contribution in [2.75, 3.05) is 0 Å². The third-order valence-electron chi connectivity index (χ3n) is 4.81. The van der Waals surface area contributed by atoms with E-state index in [1.54, 1.807) is 0 Å². The van der Waals surface area contributed by atoms with Crippen molar-refractivity contribution < 1.29 is 9.32 Å². The Morgan fingerprint density at radius 2 is 1.30 bits per heavy atom. The van der Waals surface area contributed by atoms with Crippen LogP contribution in [0.1, 0.15) is 70.6 Å². The second-order valence-electron chi connectivity index (χ2n) is 6.71. The Morgan fingerprint density at radius 1 is 0.870 bits per heavy atom. The lowest BCUT2D eigenvalue weighted by Gasteiger charge is -2.32. The van der Waals surface area contributed by atoms with Crippen molar-refractivity contribution in [1.29, 1.82) is 0 Å². The highest BCUT2D eigenvalue weighted by molar-refractivity contribution is 7.87. The molecule has 1 saturated carbocycles. The number of hydrogen-bond donors (Lipinski definition) is 1. The number of rotatable bonds is 3. The van der Waals surface area contributed by atoms with Crippen LogP contribution in [0.4, 0.5) is 0 Å². The van der Waals surface area contributed by atoms with Gasteiger partial charge in [0, 0.05) is 4.90 Å². The summed E-state index contributed by atoms with van der Waals surface area (Å²) >= 11 is 6.53. The maximum Gasteiger partial charge on any atom is 0.142 e. The van der Waals surface area contributed by atoms with Crippen molar-refractivity contribution in [2.45, 2.75) is 85.8 Å². The second kappa shape index (κ2) is 9.80. The first-order chi connectivity index (χ1) is 11.1. The van der Waals surface area contributed by atoms with Crippen LogP contribution < -0.4 is 0 Å². The van der Waals surface area contributed by atoms with Crippen molar-refractivity contribution in [1.82, 2.24) is 0 Å². The molecule has 4 heteroatoms. The molecular formula is C19H29ClO2S. The lowest BCUT2D eigenvalue weighted by atomic mass is 9.90. The first-order valence-corrected chi connectivity index (χ1v) is 10.6. The van der Waals surface area contributed by atoms with E-state index in [1.165, 1.54) is 32.1 Å². The zero-order chi connectivity index (χ0) is 16.5. The van der Waals surface area contributed by atoms with Crippen LogP contribution in [0.2, 0.25) is 0 Å². The van der Waals surface area contributed by atoms with Gasteiger partial charge in [-0.05, 0) is 25.0 Å². The summed E-state index contributed by atoms with van der Waals surface area (Å²) in [6.07, 6.45) is 11.9. The molecule has 1 aromatic carbocycles. The van der Waals surface area contributed by atoms with E-state index >= 15 is 0 Å². The molecule has 23 heavy (non-hydrogen) atoms. The van der Waals surface area contributed by atoms with Crippen LogP contribution >= 0.6 is 11.6 Å². The Bertz CT molecular complexity index is 466. The van der Waals surface area contributed by atoms with Crippen LogP contribution in [0.5, 0.6) is 0 Å². The monoisotopic (exact) mass is 356 g/mol. The van der Waals surface area contributed by atoms with Gasteiger partial charge in [0.05, 0.1) is 16.4 Å². The summed E-state index contributed by atoms with van der Waals surface area (Å²) in [5.41, 5.74) is -1.03. The molecule has 0 saturated heterocycles. The summed E-state index contributed by atoms with van der Waals surface area (Å²) in [6.45, 7) is 0. The molecule has 0 aromatic heterocycles. The zero-order valence-electron chi connectivity index (χ0n) is 13.9. The minimum atomic E-state index is -1.38. The summed E-state index contributed by atoms with van der Waals surface area (Å²) < 4.78 is 12.0. The molecular weight excluding hydrogens is 328 g/mol. The average molecular weight is 357 g/mol. The molecule has 0 radical (unpaired) electrons. The first kappa shape index (κ1) is 19.0. The molecule has 0 bridgehead atoms. The number of hydrogen-bond acceptors (Lipinski definition) is 2. The van der Waals surface area contributed by atoms with Crippen molar-refractivity contribution in [2.24, 2.45) is 0 Å². The molecule has 1 fully saturated rings. The van der Waals surface area contributed by atoms with Crippen LogP contribution in [0.25, 0.3) is 0 Å². The molecule has 0 aliphatic heterocycles. The van der Waals surface area contributed by atoms with Crippen molar-refractivity contribution in [3.8, 4) is 0 Å². The molecule has 2 unspecified atom stereocenters. The van der Waals surface area contributed by atoms with Gasteiger partial charge >= 0.3 is 0 Å². The largest absolute Gasteiger partial charge is 0.387 e. The van der Waals surface area contributed by atoms with Gasteiger partial charge in [0.15, 0.2) is 0 Å².